The van der Waals surface area contributed by atoms with Gasteiger partial charge in [0.1, 0.15) is 23.9 Å². The number of carbonyl (C=O) groups is 3. The molecule has 1 aromatic rings. The maximum absolute atomic E-state index is 12.3. The third-order valence-electron chi connectivity index (χ3n) is 2.59. The lowest BCUT2D eigenvalue weighted by atomic mass is 10.2. The summed E-state index contributed by atoms with van der Waals surface area (Å²) in [5.41, 5.74) is 0.769. The normalized spacial score (nSPS) is 10.7. The first-order valence-electron chi connectivity index (χ1n) is 6.00. The Morgan fingerprint density at radius 3 is 2.23 bits per heavy atom. The van der Waals surface area contributed by atoms with Crippen LogP contribution in [0.15, 0.2) is 24.3 Å². The van der Waals surface area contributed by atoms with Crippen molar-refractivity contribution < 1.29 is 28.9 Å². The first-order chi connectivity index (χ1) is 10.4. The van der Waals surface area contributed by atoms with Crippen molar-refractivity contribution in [3.05, 3.63) is 29.8 Å². The zero-order chi connectivity index (χ0) is 16.8. The van der Waals surface area contributed by atoms with Gasteiger partial charge in [0.25, 0.3) is 0 Å². The number of carbonyl (C=O) groups excluding carboxylic acids is 3. The predicted molar refractivity (Wildman–Crippen MR) is 84.9 cm³/mol. The third-order valence-corrected chi connectivity index (χ3v) is 5.23. The number of ether oxygens (including phenoxy) is 1. The van der Waals surface area contributed by atoms with E-state index in [1.165, 1.54) is 13.2 Å². The molecule has 0 heterocycles. The van der Waals surface area contributed by atoms with E-state index in [-0.39, 0.29) is 0 Å². The number of methoxy groups -OCH3 is 1. The molecule has 0 saturated carbocycles. The standard InChI is InChI=1S/C13H16NO6S2/c1-9(15)19-20-13(17)14(21-3,22-4)11-7-5-6-10(8-11)12(16)18-2/h5-8H,1-4H3/q+1. The fourth-order valence-corrected chi connectivity index (χ4v) is 3.22. The molecule has 0 aliphatic rings. The molecular formula is C13H16NO6S2+. The molecular weight excluding hydrogens is 330 g/mol. The Balaban J connectivity index is 3.21. The van der Waals surface area contributed by atoms with Crippen molar-refractivity contribution in [2.45, 2.75) is 6.92 Å². The molecule has 0 aromatic heterocycles. The van der Waals surface area contributed by atoms with Gasteiger partial charge < -0.3 is 4.74 Å². The first kappa shape index (κ1) is 18.3. The van der Waals surface area contributed by atoms with Crippen LogP contribution in [0.3, 0.4) is 0 Å². The molecule has 1 amide bonds. The van der Waals surface area contributed by atoms with Crippen molar-refractivity contribution in [2.24, 2.45) is 0 Å². The topological polar surface area (TPSA) is 78.9 Å². The number of esters is 1. The predicted octanol–water partition coefficient (Wildman–Crippen LogP) is 2.95. The number of amides is 1. The second-order valence-electron chi connectivity index (χ2n) is 3.88. The van der Waals surface area contributed by atoms with Crippen molar-refractivity contribution in [2.75, 3.05) is 19.6 Å². The monoisotopic (exact) mass is 346 g/mol. The van der Waals surface area contributed by atoms with E-state index in [9.17, 15) is 14.4 Å². The molecule has 22 heavy (non-hydrogen) atoms. The maximum atomic E-state index is 12.3. The molecule has 120 valence electrons. The lowest BCUT2D eigenvalue weighted by molar-refractivity contribution is -0.230. The van der Waals surface area contributed by atoms with Gasteiger partial charge in [0, 0.05) is 31.6 Å². The van der Waals surface area contributed by atoms with Crippen molar-refractivity contribution in [1.29, 1.82) is 0 Å². The van der Waals surface area contributed by atoms with E-state index in [1.807, 2.05) is 0 Å². The van der Waals surface area contributed by atoms with E-state index in [1.54, 1.807) is 30.7 Å². The Morgan fingerprint density at radius 2 is 1.73 bits per heavy atom. The van der Waals surface area contributed by atoms with Gasteiger partial charge in [-0.25, -0.2) is 14.5 Å². The Kier molecular flexibility index (Phi) is 6.72. The van der Waals surface area contributed by atoms with Gasteiger partial charge in [0.2, 0.25) is 0 Å². The second kappa shape index (κ2) is 8.06. The largest absolute Gasteiger partial charge is 0.586 e. The van der Waals surface area contributed by atoms with Crippen molar-refractivity contribution in [3.63, 3.8) is 0 Å². The highest BCUT2D eigenvalue weighted by atomic mass is 32.2. The Morgan fingerprint density at radius 1 is 1.09 bits per heavy atom. The third kappa shape index (κ3) is 3.93. The fourth-order valence-electron chi connectivity index (χ4n) is 1.62. The zero-order valence-corrected chi connectivity index (χ0v) is 14.2. The molecule has 0 spiro atoms. The number of hydrogen-bond acceptors (Lipinski definition) is 8. The quantitative estimate of drug-likeness (QED) is 0.271. The van der Waals surface area contributed by atoms with Gasteiger partial charge in [0.15, 0.2) is 5.69 Å². The van der Waals surface area contributed by atoms with Crippen molar-refractivity contribution in [3.8, 4) is 0 Å². The molecule has 0 N–H and O–H groups in total. The Labute approximate surface area is 136 Å². The summed E-state index contributed by atoms with van der Waals surface area (Å²) in [6.45, 7) is 1.12. The summed E-state index contributed by atoms with van der Waals surface area (Å²) in [7, 11) is 1.27. The van der Waals surface area contributed by atoms with Gasteiger partial charge in [-0.2, -0.15) is 9.68 Å². The average molecular weight is 346 g/mol. The molecule has 0 fully saturated rings. The molecule has 7 nitrogen and oxygen atoms in total. The molecule has 0 aliphatic heterocycles. The molecule has 0 unspecified atom stereocenters. The van der Waals surface area contributed by atoms with E-state index >= 15 is 0 Å². The van der Waals surface area contributed by atoms with Crippen LogP contribution in [-0.2, 0) is 19.3 Å². The van der Waals surface area contributed by atoms with Gasteiger partial charge in [0.05, 0.1) is 12.7 Å². The highest BCUT2D eigenvalue weighted by molar-refractivity contribution is 8.15. The van der Waals surface area contributed by atoms with Crippen LogP contribution in [0.2, 0.25) is 0 Å². The molecule has 1 aromatic carbocycles. The highest BCUT2D eigenvalue weighted by Gasteiger charge is 2.45. The van der Waals surface area contributed by atoms with Gasteiger partial charge in [-0.15, -0.1) is 0 Å². The minimum atomic E-state index is -0.808. The smallest absolute Gasteiger partial charge is 0.465 e. The molecule has 9 heteroatoms. The van der Waals surface area contributed by atoms with Crippen LogP contribution in [0.4, 0.5) is 10.5 Å². The Bertz CT molecular complexity index is 573. The van der Waals surface area contributed by atoms with Crippen LogP contribution in [0.1, 0.15) is 17.3 Å². The molecule has 0 aliphatic carbocycles. The average Bonchev–Trinajstić information content (AvgIpc) is 2.54. The fraction of sp³-hybridized carbons (Fsp3) is 0.308. The van der Waals surface area contributed by atoms with Crippen LogP contribution >= 0.6 is 23.9 Å². The summed E-state index contributed by atoms with van der Waals surface area (Å²) in [5.74, 6) is -1.26. The summed E-state index contributed by atoms with van der Waals surface area (Å²) >= 11 is 2.28. The van der Waals surface area contributed by atoms with Gasteiger partial charge in [-0.3, -0.25) is 0 Å². The number of hydrogen-bond donors (Lipinski definition) is 0. The van der Waals surface area contributed by atoms with E-state index < -0.39 is 21.3 Å². The minimum Gasteiger partial charge on any atom is -0.465 e. The lowest BCUT2D eigenvalue weighted by Gasteiger charge is -2.25. The van der Waals surface area contributed by atoms with Gasteiger partial charge in [-0.1, -0.05) is 9.36 Å². The van der Waals surface area contributed by atoms with Crippen LogP contribution < -0.4 is 3.29 Å². The van der Waals surface area contributed by atoms with Gasteiger partial charge in [-0.05, 0) is 6.07 Å². The molecule has 0 atom stereocenters. The number of benzene rings is 1. The molecule has 1 rings (SSSR count). The number of nitrogens with zero attached hydrogens (tertiary/aromatic N) is 1. The summed E-state index contributed by atoms with van der Waals surface area (Å²) in [6.07, 6.45) is 2.57. The van der Waals surface area contributed by atoms with E-state index in [2.05, 4.69) is 14.5 Å². The van der Waals surface area contributed by atoms with Crippen molar-refractivity contribution >= 4 is 47.6 Å². The number of quaternary nitrogens is 1. The summed E-state index contributed by atoms with van der Waals surface area (Å²) in [5, 5.41) is 0. The second-order valence-corrected chi connectivity index (χ2v) is 5.94. The van der Waals surface area contributed by atoms with Crippen LogP contribution in [0, 0.1) is 0 Å². The molecule has 0 bridgehead atoms. The first-order valence-corrected chi connectivity index (χ1v) is 8.36. The van der Waals surface area contributed by atoms with E-state index in [0.29, 0.717) is 11.3 Å². The maximum Gasteiger partial charge on any atom is 0.586 e. The summed E-state index contributed by atoms with van der Waals surface area (Å²) in [4.78, 5) is 43.6. The molecule has 0 radical (unpaired) electrons. The Hall–Kier alpha value is -1.71. The molecule has 0 saturated heterocycles. The van der Waals surface area contributed by atoms with Crippen LogP contribution in [0.5, 0.6) is 0 Å². The minimum absolute atomic E-state index is 0.297. The number of rotatable bonds is 4. The summed E-state index contributed by atoms with van der Waals surface area (Å²) in [6, 6.07) is 6.38. The van der Waals surface area contributed by atoms with Crippen LogP contribution in [0.25, 0.3) is 0 Å². The highest BCUT2D eigenvalue weighted by Crippen LogP contribution is 2.40. The van der Waals surface area contributed by atoms with E-state index in [0.717, 1.165) is 30.8 Å². The van der Waals surface area contributed by atoms with Gasteiger partial charge >= 0.3 is 18.0 Å². The van der Waals surface area contributed by atoms with Crippen molar-refractivity contribution in [1.82, 2.24) is 3.29 Å². The lowest BCUT2D eigenvalue weighted by Crippen LogP contribution is -2.41. The van der Waals surface area contributed by atoms with Crippen LogP contribution in [-0.4, -0.2) is 37.7 Å². The summed E-state index contributed by atoms with van der Waals surface area (Å²) < 4.78 is 4.27. The van der Waals surface area contributed by atoms with E-state index in [4.69, 9.17) is 0 Å². The SMILES string of the molecule is COC(=O)c1cccc([N+](SC)(SC)C(=O)OOC(C)=O)c1. The zero-order valence-electron chi connectivity index (χ0n) is 12.5.